The Labute approximate surface area is 133 Å². The minimum Gasteiger partial charge on any atom is -0.467 e. The highest BCUT2D eigenvalue weighted by Crippen LogP contribution is 2.24. The summed E-state index contributed by atoms with van der Waals surface area (Å²) in [7, 11) is 3.47. The third-order valence-corrected chi connectivity index (χ3v) is 3.90. The summed E-state index contributed by atoms with van der Waals surface area (Å²) in [6.07, 6.45) is 0.993. The highest BCUT2D eigenvalue weighted by Gasteiger charge is 2.12. The maximum absolute atomic E-state index is 5.95. The number of hydrogen-bond acceptors (Lipinski definition) is 7. The van der Waals surface area contributed by atoms with Crippen molar-refractivity contribution in [1.82, 2.24) is 15.0 Å². The Hall–Kier alpha value is -1.60. The molecule has 114 valence electrons. The molecular weight excluding hydrogens is 310 g/mol. The first-order chi connectivity index (χ1) is 10.1. The molecule has 0 bridgehead atoms. The maximum Gasteiger partial charge on any atom is 0.322 e. The Kier molecular flexibility index (Phi) is 5.58. The third kappa shape index (κ3) is 4.44. The zero-order chi connectivity index (χ0) is 15.2. The summed E-state index contributed by atoms with van der Waals surface area (Å²) >= 11 is 7.49. The molecule has 0 saturated heterocycles. The summed E-state index contributed by atoms with van der Waals surface area (Å²) < 4.78 is 5.91. The molecule has 2 heterocycles. The molecule has 0 aromatic carbocycles. The Morgan fingerprint density at radius 1 is 1.33 bits per heavy atom. The van der Waals surface area contributed by atoms with Crippen LogP contribution >= 0.6 is 22.9 Å². The molecule has 0 unspecified atom stereocenters. The number of ether oxygens (including phenoxy) is 1. The predicted octanol–water partition coefficient (Wildman–Crippen LogP) is 3.05. The van der Waals surface area contributed by atoms with Gasteiger partial charge in [0.15, 0.2) is 0 Å². The van der Waals surface area contributed by atoms with Gasteiger partial charge in [-0.05, 0) is 18.6 Å². The summed E-state index contributed by atoms with van der Waals surface area (Å²) in [4.78, 5) is 15.9. The predicted molar refractivity (Wildman–Crippen MR) is 86.6 cm³/mol. The van der Waals surface area contributed by atoms with E-state index in [2.05, 4.69) is 27.2 Å². The van der Waals surface area contributed by atoms with E-state index in [4.69, 9.17) is 16.3 Å². The topological polar surface area (TPSA) is 63.2 Å². The summed E-state index contributed by atoms with van der Waals surface area (Å²) in [5.41, 5.74) is 0. The zero-order valence-corrected chi connectivity index (χ0v) is 13.8. The Morgan fingerprint density at radius 2 is 2.14 bits per heavy atom. The molecule has 0 atom stereocenters. The smallest absolute Gasteiger partial charge is 0.322 e. The Morgan fingerprint density at radius 3 is 2.76 bits per heavy atom. The maximum atomic E-state index is 5.95. The Bertz CT molecular complexity index is 592. The number of methoxy groups -OCH3 is 1. The molecule has 0 spiro atoms. The molecule has 6 nitrogen and oxygen atoms in total. The number of nitrogens with zero attached hydrogens (tertiary/aromatic N) is 4. The van der Waals surface area contributed by atoms with Crippen molar-refractivity contribution >= 4 is 34.8 Å². The average Bonchev–Trinajstić information content (AvgIpc) is 2.89. The van der Waals surface area contributed by atoms with Crippen LogP contribution in [0.4, 0.5) is 11.9 Å². The van der Waals surface area contributed by atoms with Crippen molar-refractivity contribution in [3.05, 3.63) is 21.3 Å². The first-order valence-corrected chi connectivity index (χ1v) is 7.81. The van der Waals surface area contributed by atoms with Crippen LogP contribution in [-0.4, -0.2) is 35.7 Å². The molecule has 0 saturated carbocycles. The quantitative estimate of drug-likeness (QED) is 0.843. The van der Waals surface area contributed by atoms with Crippen molar-refractivity contribution in [2.75, 3.05) is 30.9 Å². The van der Waals surface area contributed by atoms with Crippen LogP contribution in [0.25, 0.3) is 0 Å². The lowest BCUT2D eigenvalue weighted by Crippen LogP contribution is -2.20. The van der Waals surface area contributed by atoms with E-state index in [9.17, 15) is 0 Å². The summed E-state index contributed by atoms with van der Waals surface area (Å²) in [6.45, 7) is 3.56. The number of halogens is 1. The fourth-order valence-electron chi connectivity index (χ4n) is 1.66. The lowest BCUT2D eigenvalue weighted by atomic mass is 10.4. The molecule has 0 aliphatic carbocycles. The molecule has 0 aliphatic heterocycles. The lowest BCUT2D eigenvalue weighted by Gasteiger charge is -2.17. The van der Waals surface area contributed by atoms with Crippen molar-refractivity contribution < 1.29 is 4.74 Å². The second-order valence-electron chi connectivity index (χ2n) is 4.43. The van der Waals surface area contributed by atoms with Gasteiger partial charge in [0.25, 0.3) is 0 Å². The molecule has 2 aromatic rings. The molecule has 2 rings (SSSR count). The van der Waals surface area contributed by atoms with E-state index in [1.807, 2.05) is 24.1 Å². The van der Waals surface area contributed by atoms with Gasteiger partial charge >= 0.3 is 6.01 Å². The van der Waals surface area contributed by atoms with Gasteiger partial charge in [0.05, 0.1) is 18.0 Å². The van der Waals surface area contributed by atoms with Crippen LogP contribution in [0.1, 0.15) is 18.2 Å². The molecule has 1 N–H and O–H groups in total. The first kappa shape index (κ1) is 15.8. The van der Waals surface area contributed by atoms with Crippen LogP contribution < -0.4 is 15.0 Å². The number of thiophene rings is 1. The first-order valence-electron chi connectivity index (χ1n) is 6.61. The van der Waals surface area contributed by atoms with Crippen molar-refractivity contribution in [3.8, 4) is 6.01 Å². The van der Waals surface area contributed by atoms with Gasteiger partial charge in [0.1, 0.15) is 0 Å². The van der Waals surface area contributed by atoms with Crippen LogP contribution in [-0.2, 0) is 6.54 Å². The number of hydrogen-bond donors (Lipinski definition) is 1. The summed E-state index contributed by atoms with van der Waals surface area (Å²) in [5, 5.41) is 3.14. The van der Waals surface area contributed by atoms with Gasteiger partial charge in [0, 0.05) is 18.5 Å². The monoisotopic (exact) mass is 327 g/mol. The van der Waals surface area contributed by atoms with Gasteiger partial charge in [-0.1, -0.05) is 18.5 Å². The van der Waals surface area contributed by atoms with E-state index in [-0.39, 0.29) is 0 Å². The largest absolute Gasteiger partial charge is 0.467 e. The van der Waals surface area contributed by atoms with E-state index < -0.39 is 0 Å². The van der Waals surface area contributed by atoms with Crippen LogP contribution in [0.15, 0.2) is 12.1 Å². The number of aromatic nitrogens is 3. The van der Waals surface area contributed by atoms with Gasteiger partial charge in [-0.3, -0.25) is 0 Å². The summed E-state index contributed by atoms with van der Waals surface area (Å²) in [5.74, 6) is 1.08. The molecule has 0 radical (unpaired) electrons. The standard InChI is InChI=1S/C13H18ClN5OS/c1-4-7-15-11-16-12(18-13(17-11)20-3)19(2)8-9-5-6-10(14)21-9/h5-6H,4,7-8H2,1-3H3,(H,15,16,17,18). The highest BCUT2D eigenvalue weighted by atomic mass is 35.5. The minimum atomic E-state index is 0.301. The molecule has 8 heteroatoms. The molecule has 0 aliphatic rings. The minimum absolute atomic E-state index is 0.301. The zero-order valence-electron chi connectivity index (χ0n) is 12.3. The van der Waals surface area contributed by atoms with Crippen LogP contribution in [0.2, 0.25) is 4.34 Å². The fraction of sp³-hybridized carbons (Fsp3) is 0.462. The molecule has 0 amide bonds. The third-order valence-electron chi connectivity index (χ3n) is 2.68. The Balaban J connectivity index is 2.16. The van der Waals surface area contributed by atoms with Crippen LogP contribution in [0, 0.1) is 0 Å². The van der Waals surface area contributed by atoms with Gasteiger partial charge in [0.2, 0.25) is 11.9 Å². The molecular formula is C13H18ClN5OS. The number of anilines is 2. The van der Waals surface area contributed by atoms with E-state index in [0.29, 0.717) is 24.5 Å². The fourth-order valence-corrected chi connectivity index (χ4v) is 2.81. The van der Waals surface area contributed by atoms with Crippen LogP contribution in [0.3, 0.4) is 0 Å². The molecule has 21 heavy (non-hydrogen) atoms. The SMILES string of the molecule is CCCNc1nc(OC)nc(N(C)Cc2ccc(Cl)s2)n1. The number of nitrogens with one attached hydrogen (secondary N) is 1. The van der Waals surface area contributed by atoms with Crippen molar-refractivity contribution in [1.29, 1.82) is 0 Å². The van der Waals surface area contributed by atoms with Gasteiger partial charge in [-0.2, -0.15) is 15.0 Å². The second kappa shape index (κ2) is 7.42. The van der Waals surface area contributed by atoms with Crippen molar-refractivity contribution in [3.63, 3.8) is 0 Å². The van der Waals surface area contributed by atoms with E-state index >= 15 is 0 Å². The highest BCUT2D eigenvalue weighted by molar-refractivity contribution is 7.16. The van der Waals surface area contributed by atoms with Crippen LogP contribution in [0.5, 0.6) is 6.01 Å². The normalized spacial score (nSPS) is 10.5. The molecule has 0 fully saturated rings. The number of rotatable bonds is 7. The van der Waals surface area contributed by atoms with E-state index in [0.717, 1.165) is 22.2 Å². The van der Waals surface area contributed by atoms with E-state index in [1.54, 1.807) is 18.4 Å². The van der Waals surface area contributed by atoms with Gasteiger partial charge in [-0.15, -0.1) is 11.3 Å². The van der Waals surface area contributed by atoms with Gasteiger partial charge < -0.3 is 15.0 Å². The van der Waals surface area contributed by atoms with Crippen molar-refractivity contribution in [2.45, 2.75) is 19.9 Å². The van der Waals surface area contributed by atoms with E-state index in [1.165, 1.54) is 0 Å². The average molecular weight is 328 g/mol. The van der Waals surface area contributed by atoms with Crippen molar-refractivity contribution in [2.24, 2.45) is 0 Å². The second-order valence-corrected chi connectivity index (χ2v) is 6.23. The van der Waals surface area contributed by atoms with Gasteiger partial charge in [-0.25, -0.2) is 0 Å². The molecule has 2 aromatic heterocycles. The summed E-state index contributed by atoms with van der Waals surface area (Å²) in [6, 6.07) is 4.19. The lowest BCUT2D eigenvalue weighted by molar-refractivity contribution is 0.379.